The SMILES string of the molecule is Cc1cc(O)c2c(CCCC(F)(F)F)nc(C)nc2c1. The van der Waals surface area contributed by atoms with Crippen molar-refractivity contribution in [1.29, 1.82) is 0 Å². The van der Waals surface area contributed by atoms with Crippen molar-refractivity contribution in [3.63, 3.8) is 0 Å². The van der Waals surface area contributed by atoms with Gasteiger partial charge in [-0.25, -0.2) is 9.97 Å². The van der Waals surface area contributed by atoms with Gasteiger partial charge in [-0.2, -0.15) is 13.2 Å². The molecule has 20 heavy (non-hydrogen) atoms. The van der Waals surface area contributed by atoms with Crippen LogP contribution in [0.5, 0.6) is 5.75 Å². The molecule has 6 heteroatoms. The molecule has 0 saturated carbocycles. The average molecular weight is 284 g/mol. The summed E-state index contributed by atoms with van der Waals surface area (Å²) < 4.78 is 36.6. The molecule has 0 unspecified atom stereocenters. The van der Waals surface area contributed by atoms with E-state index in [-0.39, 0.29) is 18.6 Å². The molecule has 0 fully saturated rings. The molecule has 3 nitrogen and oxygen atoms in total. The largest absolute Gasteiger partial charge is 0.507 e. The Hall–Kier alpha value is -1.85. The van der Waals surface area contributed by atoms with Crippen LogP contribution in [0, 0.1) is 13.8 Å². The molecule has 0 bridgehead atoms. The van der Waals surface area contributed by atoms with E-state index < -0.39 is 12.6 Å². The molecule has 0 amide bonds. The van der Waals surface area contributed by atoms with Crippen LogP contribution >= 0.6 is 0 Å². The maximum Gasteiger partial charge on any atom is 0.389 e. The molecule has 0 aliphatic carbocycles. The molecule has 1 N–H and O–H groups in total. The molecule has 2 rings (SSSR count). The fourth-order valence-electron chi connectivity index (χ4n) is 2.22. The van der Waals surface area contributed by atoms with Crippen molar-refractivity contribution in [3.05, 3.63) is 29.2 Å². The summed E-state index contributed by atoms with van der Waals surface area (Å²) >= 11 is 0. The van der Waals surface area contributed by atoms with Crippen LogP contribution in [0.25, 0.3) is 10.9 Å². The van der Waals surface area contributed by atoms with Crippen LogP contribution in [-0.2, 0) is 6.42 Å². The van der Waals surface area contributed by atoms with Crippen LogP contribution in [0.3, 0.4) is 0 Å². The first-order valence-electron chi connectivity index (χ1n) is 6.30. The van der Waals surface area contributed by atoms with Gasteiger partial charge in [-0.05, 0) is 44.4 Å². The van der Waals surface area contributed by atoms with Gasteiger partial charge in [0.15, 0.2) is 0 Å². The quantitative estimate of drug-likeness (QED) is 0.931. The molecule has 108 valence electrons. The fourth-order valence-corrected chi connectivity index (χ4v) is 2.22. The third-order valence-corrected chi connectivity index (χ3v) is 2.98. The monoisotopic (exact) mass is 284 g/mol. The number of phenolic OH excluding ortho intramolecular Hbond substituents is 1. The molecule has 0 radical (unpaired) electrons. The van der Waals surface area contributed by atoms with Gasteiger partial charge in [-0.1, -0.05) is 0 Å². The number of hydrogen-bond donors (Lipinski definition) is 1. The van der Waals surface area contributed by atoms with Gasteiger partial charge in [0, 0.05) is 6.42 Å². The zero-order chi connectivity index (χ0) is 14.9. The summed E-state index contributed by atoms with van der Waals surface area (Å²) in [5.74, 6) is 0.506. The van der Waals surface area contributed by atoms with Crippen LogP contribution in [0.15, 0.2) is 12.1 Å². The predicted molar refractivity (Wildman–Crippen MR) is 69.7 cm³/mol. The van der Waals surface area contributed by atoms with Crippen molar-refractivity contribution in [2.75, 3.05) is 0 Å². The Morgan fingerprint density at radius 2 is 1.85 bits per heavy atom. The highest BCUT2D eigenvalue weighted by atomic mass is 19.4. The normalized spacial score (nSPS) is 12.1. The Morgan fingerprint density at radius 1 is 1.15 bits per heavy atom. The maximum atomic E-state index is 12.2. The Balaban J connectivity index is 2.37. The average Bonchev–Trinajstić information content (AvgIpc) is 2.24. The van der Waals surface area contributed by atoms with Gasteiger partial charge in [-0.3, -0.25) is 0 Å². The smallest absolute Gasteiger partial charge is 0.389 e. The van der Waals surface area contributed by atoms with Gasteiger partial charge in [0.2, 0.25) is 0 Å². The van der Waals surface area contributed by atoms with E-state index in [1.54, 1.807) is 19.1 Å². The summed E-state index contributed by atoms with van der Waals surface area (Å²) in [6.07, 6.45) is -4.92. The first-order chi connectivity index (χ1) is 9.26. The van der Waals surface area contributed by atoms with Gasteiger partial charge in [0.05, 0.1) is 16.6 Å². The molecular formula is C14H15F3N2O. The maximum absolute atomic E-state index is 12.2. The minimum Gasteiger partial charge on any atom is -0.507 e. The lowest BCUT2D eigenvalue weighted by Gasteiger charge is -2.10. The molecule has 1 aromatic heterocycles. The Kier molecular flexibility index (Phi) is 3.83. The van der Waals surface area contributed by atoms with E-state index in [4.69, 9.17) is 0 Å². The lowest BCUT2D eigenvalue weighted by molar-refractivity contribution is -0.135. The van der Waals surface area contributed by atoms with Gasteiger partial charge >= 0.3 is 6.18 Å². The summed E-state index contributed by atoms with van der Waals surface area (Å²) in [6, 6.07) is 3.35. The number of hydrogen-bond acceptors (Lipinski definition) is 3. The zero-order valence-corrected chi connectivity index (χ0v) is 11.3. The van der Waals surface area contributed by atoms with Crippen LogP contribution < -0.4 is 0 Å². The molecular weight excluding hydrogens is 269 g/mol. The van der Waals surface area contributed by atoms with E-state index in [2.05, 4.69) is 9.97 Å². The highest BCUT2D eigenvalue weighted by molar-refractivity contribution is 5.87. The number of benzene rings is 1. The highest BCUT2D eigenvalue weighted by Crippen LogP contribution is 2.30. The summed E-state index contributed by atoms with van der Waals surface area (Å²) in [5, 5.41) is 10.4. The second-order valence-corrected chi connectivity index (χ2v) is 4.86. The van der Waals surface area contributed by atoms with E-state index >= 15 is 0 Å². The van der Waals surface area contributed by atoms with E-state index in [1.807, 2.05) is 6.92 Å². The molecule has 0 atom stereocenters. The molecule has 1 heterocycles. The third kappa shape index (κ3) is 3.37. The van der Waals surface area contributed by atoms with Gasteiger partial charge in [-0.15, -0.1) is 0 Å². The van der Waals surface area contributed by atoms with Crippen molar-refractivity contribution >= 4 is 10.9 Å². The number of rotatable bonds is 3. The first kappa shape index (κ1) is 14.6. The van der Waals surface area contributed by atoms with Gasteiger partial charge in [0.25, 0.3) is 0 Å². The topological polar surface area (TPSA) is 46.0 Å². The zero-order valence-electron chi connectivity index (χ0n) is 11.3. The number of aryl methyl sites for hydroxylation is 3. The second-order valence-electron chi connectivity index (χ2n) is 4.86. The number of halogens is 3. The van der Waals surface area contributed by atoms with E-state index in [0.717, 1.165) is 5.56 Å². The van der Waals surface area contributed by atoms with Crippen molar-refractivity contribution in [3.8, 4) is 5.75 Å². The van der Waals surface area contributed by atoms with Crippen LogP contribution in [0.2, 0.25) is 0 Å². The molecule has 2 aromatic rings. The van der Waals surface area contributed by atoms with Crippen LogP contribution in [0.4, 0.5) is 13.2 Å². The minimum absolute atomic E-state index is 0.0157. The molecule has 1 aromatic carbocycles. The summed E-state index contributed by atoms with van der Waals surface area (Å²) in [4.78, 5) is 8.39. The Labute approximate surface area is 114 Å². The van der Waals surface area contributed by atoms with Crippen LogP contribution in [-0.4, -0.2) is 21.3 Å². The molecule has 0 spiro atoms. The summed E-state index contributed by atoms with van der Waals surface area (Å²) in [7, 11) is 0. The van der Waals surface area contributed by atoms with E-state index in [1.165, 1.54) is 0 Å². The number of aromatic nitrogens is 2. The molecule has 0 aliphatic rings. The lowest BCUT2D eigenvalue weighted by atomic mass is 10.1. The summed E-state index contributed by atoms with van der Waals surface area (Å²) in [5.41, 5.74) is 1.88. The number of phenols is 1. The van der Waals surface area contributed by atoms with E-state index in [9.17, 15) is 18.3 Å². The molecule has 0 aliphatic heterocycles. The van der Waals surface area contributed by atoms with Crippen molar-refractivity contribution in [1.82, 2.24) is 9.97 Å². The van der Waals surface area contributed by atoms with Gasteiger partial charge in [0.1, 0.15) is 11.6 Å². The van der Waals surface area contributed by atoms with Crippen LogP contribution in [0.1, 0.15) is 29.9 Å². The van der Waals surface area contributed by atoms with Crippen molar-refractivity contribution in [2.45, 2.75) is 39.3 Å². The Morgan fingerprint density at radius 3 is 2.50 bits per heavy atom. The lowest BCUT2D eigenvalue weighted by Crippen LogP contribution is -2.08. The minimum atomic E-state index is -4.17. The number of fused-ring (bicyclic) bond motifs is 1. The second kappa shape index (κ2) is 5.26. The number of alkyl halides is 3. The first-order valence-corrected chi connectivity index (χ1v) is 6.30. The van der Waals surface area contributed by atoms with Crippen molar-refractivity contribution in [2.24, 2.45) is 0 Å². The Bertz CT molecular complexity index is 633. The predicted octanol–water partition coefficient (Wildman–Crippen LogP) is 3.84. The summed E-state index contributed by atoms with van der Waals surface area (Å²) in [6.45, 7) is 3.51. The molecule has 0 saturated heterocycles. The van der Waals surface area contributed by atoms with E-state index in [0.29, 0.717) is 22.4 Å². The number of nitrogens with zero attached hydrogens (tertiary/aromatic N) is 2. The standard InChI is InChI=1S/C14H15F3N2O/c1-8-6-11-13(12(20)7-8)10(18-9(2)19-11)4-3-5-14(15,16)17/h6-7,20H,3-5H2,1-2H3. The number of aromatic hydroxyl groups is 1. The fraction of sp³-hybridized carbons (Fsp3) is 0.429. The van der Waals surface area contributed by atoms with Crippen molar-refractivity contribution < 1.29 is 18.3 Å². The highest BCUT2D eigenvalue weighted by Gasteiger charge is 2.26. The van der Waals surface area contributed by atoms with Gasteiger partial charge < -0.3 is 5.11 Å². The third-order valence-electron chi connectivity index (χ3n) is 2.98.